The molecule has 1 unspecified atom stereocenters. The molecule has 0 radical (unpaired) electrons. The van der Waals surface area contributed by atoms with Crippen molar-refractivity contribution in [2.24, 2.45) is 5.92 Å². The monoisotopic (exact) mass is 468 g/mol. The van der Waals surface area contributed by atoms with Crippen LogP contribution >= 0.6 is 7.82 Å². The van der Waals surface area contributed by atoms with Crippen molar-refractivity contribution < 1.29 is 18.1 Å². The van der Waals surface area contributed by atoms with Gasteiger partial charge in [0.05, 0.1) is 25.6 Å². The largest absolute Gasteiger partial charge is 0.530 e. The van der Waals surface area contributed by atoms with Gasteiger partial charge in [0.2, 0.25) is 5.95 Å². The Balaban J connectivity index is 1.14. The minimum atomic E-state index is -3.66. The van der Waals surface area contributed by atoms with Gasteiger partial charge in [-0.25, -0.2) is 9.55 Å². The molecule has 11 heteroatoms. The Labute approximate surface area is 190 Å². The molecule has 0 saturated heterocycles. The van der Waals surface area contributed by atoms with Gasteiger partial charge in [-0.3, -0.25) is 9.05 Å². The molecule has 3 heterocycles. The summed E-state index contributed by atoms with van der Waals surface area (Å²) in [5, 5.41) is 3.38. The predicted octanol–water partition coefficient (Wildman–Crippen LogP) is 4.14. The smallest absolute Gasteiger partial charge is 0.403 e. The van der Waals surface area contributed by atoms with E-state index in [0.717, 1.165) is 30.4 Å². The Hall–Kier alpha value is -2.94. The summed E-state index contributed by atoms with van der Waals surface area (Å²) in [6.07, 6.45) is 8.91. The van der Waals surface area contributed by atoms with Crippen molar-refractivity contribution in [2.75, 3.05) is 17.7 Å². The molecular formula is C22H25N6O4P. The second kappa shape index (κ2) is 7.83. The Kier molecular flexibility index (Phi) is 4.90. The minimum Gasteiger partial charge on any atom is -0.403 e. The fourth-order valence-corrected chi connectivity index (χ4v) is 5.61. The van der Waals surface area contributed by atoms with Crippen LogP contribution in [0, 0.1) is 12.8 Å². The van der Waals surface area contributed by atoms with E-state index in [9.17, 15) is 4.57 Å². The van der Waals surface area contributed by atoms with Gasteiger partial charge in [0.15, 0.2) is 17.0 Å². The third-order valence-corrected chi connectivity index (χ3v) is 7.50. The fourth-order valence-electron chi connectivity index (χ4n) is 4.28. The summed E-state index contributed by atoms with van der Waals surface area (Å²) >= 11 is 0. The van der Waals surface area contributed by atoms with Crippen molar-refractivity contribution in [3.63, 3.8) is 0 Å². The molecule has 3 aromatic rings. The minimum absolute atomic E-state index is 0.0313. The van der Waals surface area contributed by atoms with E-state index in [-0.39, 0.29) is 31.1 Å². The van der Waals surface area contributed by atoms with Crippen LogP contribution in [0.3, 0.4) is 0 Å². The second-order valence-electron chi connectivity index (χ2n) is 8.79. The summed E-state index contributed by atoms with van der Waals surface area (Å²) in [6, 6.07) is 6.20. The van der Waals surface area contributed by atoms with Crippen LogP contribution in [0.25, 0.3) is 11.2 Å². The van der Waals surface area contributed by atoms with Crippen LogP contribution in [-0.4, -0.2) is 32.2 Å². The first-order valence-electron chi connectivity index (χ1n) is 11.1. The Morgan fingerprint density at radius 3 is 3.03 bits per heavy atom. The molecule has 33 heavy (non-hydrogen) atoms. The first-order valence-corrected chi connectivity index (χ1v) is 12.6. The van der Waals surface area contributed by atoms with E-state index in [0.29, 0.717) is 28.8 Å². The van der Waals surface area contributed by atoms with Crippen LogP contribution in [0.4, 0.5) is 11.8 Å². The summed E-state index contributed by atoms with van der Waals surface area (Å²) in [5.74, 6) is 1.53. The number of nitrogens with one attached hydrogen (secondary N) is 1. The Morgan fingerprint density at radius 1 is 1.30 bits per heavy atom. The van der Waals surface area contributed by atoms with Gasteiger partial charge in [0, 0.05) is 17.5 Å². The molecule has 172 valence electrons. The number of aromatic nitrogens is 4. The number of nitrogen functional groups attached to an aromatic ring is 1. The standard InChI is InChI=1S/C22H25N6O4P/c1-13-3-2-4-15-11-31-33(29,32-19(13)15)30-10-14-5-8-17(9-14)28-12-24-18-20(25-16-6-7-16)26-22(23)27-21(18)28/h2-5,8,12,14,16-17H,6-7,9-11H2,1H3,(H3,23,25,26,27)/t14-,17+,33?/m1/s1. The number of benzene rings is 1. The summed E-state index contributed by atoms with van der Waals surface area (Å²) < 4.78 is 31.8. The average molecular weight is 468 g/mol. The number of fused-ring (bicyclic) bond motifs is 2. The number of nitrogens with two attached hydrogens (primary N) is 1. The molecule has 10 nitrogen and oxygen atoms in total. The number of imidazole rings is 1. The highest BCUT2D eigenvalue weighted by Gasteiger charge is 2.36. The summed E-state index contributed by atoms with van der Waals surface area (Å²) in [5.41, 5.74) is 9.15. The number of allylic oxidation sites excluding steroid dienone is 1. The summed E-state index contributed by atoms with van der Waals surface area (Å²) in [4.78, 5) is 13.3. The number of hydrogen-bond donors (Lipinski definition) is 2. The number of phosphoric ester groups is 1. The number of phosphoric acid groups is 1. The van der Waals surface area contributed by atoms with E-state index >= 15 is 0 Å². The van der Waals surface area contributed by atoms with Crippen molar-refractivity contribution in [3.05, 3.63) is 47.8 Å². The second-order valence-corrected chi connectivity index (χ2v) is 10.4. The zero-order valence-electron chi connectivity index (χ0n) is 18.2. The number of para-hydroxylation sites is 1. The van der Waals surface area contributed by atoms with Gasteiger partial charge in [-0.1, -0.05) is 30.4 Å². The summed E-state index contributed by atoms with van der Waals surface area (Å²) in [7, 11) is -3.66. The first kappa shape index (κ1) is 20.7. The molecule has 3 aliphatic rings. The van der Waals surface area contributed by atoms with Crippen LogP contribution in [0.2, 0.25) is 0 Å². The lowest BCUT2D eigenvalue weighted by Gasteiger charge is -2.26. The molecule has 1 aliphatic heterocycles. The number of anilines is 2. The van der Waals surface area contributed by atoms with Crippen LogP contribution in [0.15, 0.2) is 36.7 Å². The van der Waals surface area contributed by atoms with Crippen molar-refractivity contribution in [1.29, 1.82) is 0 Å². The van der Waals surface area contributed by atoms with E-state index in [1.807, 2.05) is 29.7 Å². The predicted molar refractivity (Wildman–Crippen MR) is 123 cm³/mol. The number of hydrogen-bond acceptors (Lipinski definition) is 9. The molecule has 3 N–H and O–H groups in total. The molecule has 1 aromatic carbocycles. The van der Waals surface area contributed by atoms with Gasteiger partial charge in [-0.15, -0.1) is 0 Å². The van der Waals surface area contributed by atoms with E-state index < -0.39 is 7.82 Å². The van der Waals surface area contributed by atoms with Crippen LogP contribution < -0.4 is 15.6 Å². The highest BCUT2D eigenvalue weighted by molar-refractivity contribution is 7.49. The highest BCUT2D eigenvalue weighted by Crippen LogP contribution is 2.55. The molecule has 3 atom stereocenters. The molecule has 1 saturated carbocycles. The zero-order valence-corrected chi connectivity index (χ0v) is 19.1. The van der Waals surface area contributed by atoms with E-state index in [1.54, 1.807) is 6.33 Å². The molecule has 0 amide bonds. The topological polar surface area (TPSA) is 126 Å². The van der Waals surface area contributed by atoms with Gasteiger partial charge in [-0.2, -0.15) is 9.97 Å². The van der Waals surface area contributed by atoms with Gasteiger partial charge in [0.1, 0.15) is 5.75 Å². The van der Waals surface area contributed by atoms with Gasteiger partial charge < -0.3 is 20.1 Å². The fraction of sp³-hybridized carbons (Fsp3) is 0.409. The van der Waals surface area contributed by atoms with Crippen molar-refractivity contribution in [1.82, 2.24) is 19.5 Å². The molecule has 0 spiro atoms. The maximum Gasteiger partial charge on any atom is 0.530 e. The third kappa shape index (κ3) is 3.99. The van der Waals surface area contributed by atoms with Crippen LogP contribution in [0.1, 0.15) is 36.4 Å². The SMILES string of the molecule is Cc1cccc2c1OP(=O)(OC[C@@H]1C=C[C@H](n3cnc4c(NC5CC5)nc(N)nc43)C1)OC2. The molecule has 2 aliphatic carbocycles. The maximum atomic E-state index is 13.0. The summed E-state index contributed by atoms with van der Waals surface area (Å²) in [6.45, 7) is 2.34. The number of rotatable bonds is 6. The lowest BCUT2D eigenvalue weighted by molar-refractivity contribution is 0.123. The van der Waals surface area contributed by atoms with Gasteiger partial charge in [0.25, 0.3) is 0 Å². The number of aryl methyl sites for hydroxylation is 1. The normalized spacial score (nSPS) is 26.3. The molecule has 1 fully saturated rings. The van der Waals surface area contributed by atoms with Gasteiger partial charge in [-0.05, 0) is 31.7 Å². The van der Waals surface area contributed by atoms with Crippen LogP contribution in [0.5, 0.6) is 5.75 Å². The van der Waals surface area contributed by atoms with E-state index in [2.05, 4.69) is 32.4 Å². The van der Waals surface area contributed by atoms with E-state index in [4.69, 9.17) is 19.3 Å². The van der Waals surface area contributed by atoms with Crippen molar-refractivity contribution in [2.45, 2.75) is 44.9 Å². The zero-order chi connectivity index (χ0) is 22.6. The average Bonchev–Trinajstić information content (AvgIpc) is 3.31. The lowest BCUT2D eigenvalue weighted by Crippen LogP contribution is -2.14. The highest BCUT2D eigenvalue weighted by atomic mass is 31.2. The van der Waals surface area contributed by atoms with Crippen molar-refractivity contribution in [3.8, 4) is 5.75 Å². The third-order valence-electron chi connectivity index (χ3n) is 6.19. The molecule has 6 rings (SSSR count). The quantitative estimate of drug-likeness (QED) is 0.405. The van der Waals surface area contributed by atoms with Crippen molar-refractivity contribution >= 4 is 30.8 Å². The number of nitrogens with zero attached hydrogens (tertiary/aromatic N) is 4. The van der Waals surface area contributed by atoms with Crippen LogP contribution in [-0.2, 0) is 20.2 Å². The molecule has 2 aromatic heterocycles. The lowest BCUT2D eigenvalue weighted by atomic mass is 10.1. The first-order chi connectivity index (χ1) is 16.0. The van der Waals surface area contributed by atoms with E-state index in [1.165, 1.54) is 0 Å². The molecule has 0 bridgehead atoms. The Bertz CT molecular complexity index is 1300. The maximum absolute atomic E-state index is 13.0. The Morgan fingerprint density at radius 2 is 2.18 bits per heavy atom. The van der Waals surface area contributed by atoms with Gasteiger partial charge >= 0.3 is 7.82 Å². The molecular weight excluding hydrogens is 443 g/mol.